The van der Waals surface area contributed by atoms with Crippen molar-refractivity contribution in [3.8, 4) is 0 Å². The predicted octanol–water partition coefficient (Wildman–Crippen LogP) is 2.53. The van der Waals surface area contributed by atoms with Crippen molar-refractivity contribution in [2.75, 3.05) is 5.73 Å². The molecule has 0 radical (unpaired) electrons. The molecule has 0 amide bonds. The monoisotopic (exact) mass is 242 g/mol. The number of aliphatic hydroxyl groups is 1. The molecule has 1 aromatic heterocycles. The van der Waals surface area contributed by atoms with E-state index in [4.69, 9.17) is 5.73 Å². The lowest BCUT2D eigenvalue weighted by atomic mass is 10.00. The number of fused-ring (bicyclic) bond motifs is 2. The summed E-state index contributed by atoms with van der Waals surface area (Å²) in [5.41, 5.74) is 9.86. The van der Waals surface area contributed by atoms with Crippen molar-refractivity contribution in [3.05, 3.63) is 35.0 Å². The van der Waals surface area contributed by atoms with Crippen LogP contribution in [0.4, 0.5) is 5.69 Å². The number of nitrogen functional groups attached to an aromatic ring is 1. The number of nitrogens with zero attached hydrogens (tertiary/aromatic N) is 1. The lowest BCUT2D eigenvalue weighted by Gasteiger charge is -2.19. The minimum Gasteiger partial charge on any atom is -0.397 e. The number of aryl methyl sites for hydroxylation is 2. The number of anilines is 1. The molecule has 3 heteroatoms. The summed E-state index contributed by atoms with van der Waals surface area (Å²) >= 11 is 0. The normalized spacial score (nSPS) is 15.1. The molecule has 3 rings (SSSR count). The Morgan fingerprint density at radius 1 is 1.17 bits per heavy atom. The molecule has 0 bridgehead atoms. The van der Waals surface area contributed by atoms with Crippen molar-refractivity contribution < 1.29 is 5.11 Å². The molecule has 1 aliphatic carbocycles. The average molecular weight is 242 g/mol. The molecule has 1 aliphatic rings. The molecular weight excluding hydrogens is 224 g/mol. The SMILES string of the molecule is CC(C)(O)c1nc2cc3c(cc2cc1N)CCC3. The van der Waals surface area contributed by atoms with E-state index in [1.807, 2.05) is 6.07 Å². The van der Waals surface area contributed by atoms with E-state index in [0.29, 0.717) is 11.4 Å². The molecule has 0 saturated heterocycles. The molecule has 0 fully saturated rings. The Labute approximate surface area is 107 Å². The van der Waals surface area contributed by atoms with Crippen LogP contribution in [0, 0.1) is 0 Å². The van der Waals surface area contributed by atoms with Gasteiger partial charge in [-0.15, -0.1) is 0 Å². The van der Waals surface area contributed by atoms with Crippen molar-refractivity contribution in [1.29, 1.82) is 0 Å². The summed E-state index contributed by atoms with van der Waals surface area (Å²) in [6.07, 6.45) is 3.51. The van der Waals surface area contributed by atoms with Gasteiger partial charge in [-0.05, 0) is 62.4 Å². The summed E-state index contributed by atoms with van der Waals surface area (Å²) in [6.45, 7) is 3.43. The molecule has 3 nitrogen and oxygen atoms in total. The maximum atomic E-state index is 10.1. The second kappa shape index (κ2) is 3.69. The molecule has 94 valence electrons. The Kier molecular flexibility index (Phi) is 2.35. The highest BCUT2D eigenvalue weighted by molar-refractivity contribution is 5.84. The van der Waals surface area contributed by atoms with Gasteiger partial charge in [0.2, 0.25) is 0 Å². The standard InChI is InChI=1S/C15H18N2O/c1-15(2,18)14-12(16)7-11-6-9-4-3-5-10(9)8-13(11)17-14/h6-8,18H,3-5,16H2,1-2H3. The molecule has 3 N–H and O–H groups in total. The second-order valence-corrected chi connectivity index (χ2v) is 5.65. The van der Waals surface area contributed by atoms with E-state index in [9.17, 15) is 5.11 Å². The van der Waals surface area contributed by atoms with Crippen LogP contribution in [0.5, 0.6) is 0 Å². The fraction of sp³-hybridized carbons (Fsp3) is 0.400. The summed E-state index contributed by atoms with van der Waals surface area (Å²) < 4.78 is 0. The molecule has 0 aliphatic heterocycles. The topological polar surface area (TPSA) is 59.1 Å². The molecule has 0 atom stereocenters. The predicted molar refractivity (Wildman–Crippen MR) is 73.4 cm³/mol. The number of aromatic nitrogens is 1. The Bertz CT molecular complexity index is 626. The Hall–Kier alpha value is -1.61. The van der Waals surface area contributed by atoms with Gasteiger partial charge in [-0.3, -0.25) is 0 Å². The Morgan fingerprint density at radius 3 is 2.50 bits per heavy atom. The Morgan fingerprint density at radius 2 is 1.83 bits per heavy atom. The van der Waals surface area contributed by atoms with E-state index in [1.54, 1.807) is 13.8 Å². The van der Waals surface area contributed by atoms with E-state index in [0.717, 1.165) is 23.7 Å². The van der Waals surface area contributed by atoms with Gasteiger partial charge in [0.1, 0.15) is 5.60 Å². The summed E-state index contributed by atoms with van der Waals surface area (Å²) in [7, 11) is 0. The molecule has 0 spiro atoms. The van der Waals surface area contributed by atoms with Crippen molar-refractivity contribution in [1.82, 2.24) is 4.98 Å². The lowest BCUT2D eigenvalue weighted by Crippen LogP contribution is -2.19. The zero-order valence-corrected chi connectivity index (χ0v) is 10.8. The van der Waals surface area contributed by atoms with Crippen LogP contribution < -0.4 is 5.73 Å². The van der Waals surface area contributed by atoms with Crippen LogP contribution in [-0.2, 0) is 18.4 Å². The molecule has 2 aromatic rings. The summed E-state index contributed by atoms with van der Waals surface area (Å²) in [5.74, 6) is 0. The van der Waals surface area contributed by atoms with Gasteiger partial charge in [-0.25, -0.2) is 4.98 Å². The number of benzene rings is 1. The van der Waals surface area contributed by atoms with Gasteiger partial charge in [0.25, 0.3) is 0 Å². The molecule has 1 aromatic carbocycles. The zero-order chi connectivity index (χ0) is 12.9. The number of hydrogen-bond acceptors (Lipinski definition) is 3. The molecule has 18 heavy (non-hydrogen) atoms. The highest BCUT2D eigenvalue weighted by atomic mass is 16.3. The quantitative estimate of drug-likeness (QED) is 0.808. The van der Waals surface area contributed by atoms with Crippen LogP contribution in [0.25, 0.3) is 10.9 Å². The third-order valence-electron chi connectivity index (χ3n) is 3.64. The second-order valence-electron chi connectivity index (χ2n) is 5.65. The van der Waals surface area contributed by atoms with E-state index in [2.05, 4.69) is 17.1 Å². The van der Waals surface area contributed by atoms with E-state index in [1.165, 1.54) is 17.5 Å². The first-order chi connectivity index (χ1) is 8.45. The van der Waals surface area contributed by atoms with Crippen LogP contribution >= 0.6 is 0 Å². The van der Waals surface area contributed by atoms with Crippen molar-refractivity contribution in [3.63, 3.8) is 0 Å². The van der Waals surface area contributed by atoms with Gasteiger partial charge >= 0.3 is 0 Å². The number of rotatable bonds is 1. The van der Waals surface area contributed by atoms with Crippen LogP contribution in [0.2, 0.25) is 0 Å². The van der Waals surface area contributed by atoms with E-state index < -0.39 is 5.60 Å². The van der Waals surface area contributed by atoms with Crippen LogP contribution in [0.15, 0.2) is 18.2 Å². The minimum absolute atomic E-state index is 0.563. The molecule has 1 heterocycles. The maximum absolute atomic E-state index is 10.1. The Balaban J connectivity index is 2.26. The van der Waals surface area contributed by atoms with Crippen LogP contribution in [0.1, 0.15) is 37.1 Å². The molecule has 0 unspecified atom stereocenters. The van der Waals surface area contributed by atoms with Crippen LogP contribution in [0.3, 0.4) is 0 Å². The lowest BCUT2D eigenvalue weighted by molar-refractivity contribution is 0.0751. The largest absolute Gasteiger partial charge is 0.397 e. The summed E-state index contributed by atoms with van der Waals surface area (Å²) in [6, 6.07) is 6.26. The maximum Gasteiger partial charge on any atom is 0.103 e. The number of pyridine rings is 1. The van der Waals surface area contributed by atoms with Crippen molar-refractivity contribution >= 4 is 16.6 Å². The summed E-state index contributed by atoms with van der Waals surface area (Å²) in [5, 5.41) is 11.2. The van der Waals surface area contributed by atoms with Crippen molar-refractivity contribution in [2.24, 2.45) is 0 Å². The third-order valence-corrected chi connectivity index (χ3v) is 3.64. The zero-order valence-electron chi connectivity index (χ0n) is 10.8. The number of hydrogen-bond donors (Lipinski definition) is 2. The van der Waals surface area contributed by atoms with E-state index >= 15 is 0 Å². The van der Waals surface area contributed by atoms with Gasteiger partial charge in [0.05, 0.1) is 16.9 Å². The smallest absolute Gasteiger partial charge is 0.103 e. The van der Waals surface area contributed by atoms with Gasteiger partial charge in [-0.1, -0.05) is 0 Å². The molecular formula is C15H18N2O. The highest BCUT2D eigenvalue weighted by Gasteiger charge is 2.22. The number of nitrogens with two attached hydrogens (primary N) is 1. The van der Waals surface area contributed by atoms with Crippen LogP contribution in [-0.4, -0.2) is 10.1 Å². The first kappa shape index (κ1) is 11.5. The average Bonchev–Trinajstić information content (AvgIpc) is 2.70. The van der Waals surface area contributed by atoms with Gasteiger partial charge < -0.3 is 10.8 Å². The minimum atomic E-state index is -1.00. The fourth-order valence-corrected chi connectivity index (χ4v) is 2.75. The van der Waals surface area contributed by atoms with Gasteiger partial charge in [0.15, 0.2) is 0 Å². The first-order valence-electron chi connectivity index (χ1n) is 6.40. The van der Waals surface area contributed by atoms with Gasteiger partial charge in [-0.2, -0.15) is 0 Å². The fourth-order valence-electron chi connectivity index (χ4n) is 2.75. The van der Waals surface area contributed by atoms with Crippen molar-refractivity contribution in [2.45, 2.75) is 38.7 Å². The highest BCUT2D eigenvalue weighted by Crippen LogP contribution is 2.31. The molecule has 0 saturated carbocycles. The first-order valence-corrected chi connectivity index (χ1v) is 6.40. The van der Waals surface area contributed by atoms with Gasteiger partial charge in [0, 0.05) is 5.39 Å². The third kappa shape index (κ3) is 1.75. The summed E-state index contributed by atoms with van der Waals surface area (Å²) in [4.78, 5) is 4.55. The van der Waals surface area contributed by atoms with E-state index in [-0.39, 0.29) is 0 Å².